The fraction of sp³-hybridized carbons (Fsp3) is 0.583. The molecule has 1 heterocycles. The highest BCUT2D eigenvalue weighted by Gasteiger charge is 2.18. The largest absolute Gasteiger partial charge is 0.330 e. The molecular formula is C12H20N2. The zero-order chi connectivity index (χ0) is 10.6. The second-order valence-electron chi connectivity index (χ2n) is 4.98. The fourth-order valence-corrected chi connectivity index (χ4v) is 1.71. The Hall–Kier alpha value is -0.890. The Morgan fingerprint density at radius 2 is 1.86 bits per heavy atom. The summed E-state index contributed by atoms with van der Waals surface area (Å²) in [5.74, 6) is 0.456. The zero-order valence-corrected chi connectivity index (χ0v) is 9.33. The molecule has 2 nitrogen and oxygen atoms in total. The van der Waals surface area contributed by atoms with Gasteiger partial charge in [0.25, 0.3) is 0 Å². The molecule has 2 heteroatoms. The highest BCUT2D eigenvalue weighted by molar-refractivity contribution is 5.16. The summed E-state index contributed by atoms with van der Waals surface area (Å²) in [5.41, 5.74) is 7.42. The first-order chi connectivity index (χ1) is 6.53. The normalized spacial score (nSPS) is 14.0. The smallest absolute Gasteiger partial charge is 0.0270 e. The molecular weight excluding hydrogens is 172 g/mol. The molecule has 0 aliphatic heterocycles. The van der Waals surface area contributed by atoms with E-state index in [-0.39, 0.29) is 0 Å². The van der Waals surface area contributed by atoms with Crippen LogP contribution in [0.1, 0.15) is 38.7 Å². The molecule has 0 radical (unpaired) electrons. The van der Waals surface area contributed by atoms with Crippen molar-refractivity contribution in [1.82, 2.24) is 4.98 Å². The number of nitrogens with two attached hydrogens (primary N) is 1. The van der Waals surface area contributed by atoms with Crippen molar-refractivity contribution in [3.05, 3.63) is 30.1 Å². The lowest BCUT2D eigenvalue weighted by molar-refractivity contribution is 0.342. The van der Waals surface area contributed by atoms with Gasteiger partial charge in [0.05, 0.1) is 0 Å². The maximum atomic E-state index is 5.79. The second-order valence-corrected chi connectivity index (χ2v) is 4.98. The summed E-state index contributed by atoms with van der Waals surface area (Å²) in [6.45, 7) is 7.45. The van der Waals surface area contributed by atoms with Gasteiger partial charge in [-0.05, 0) is 42.0 Å². The predicted octanol–water partition coefficient (Wildman–Crippen LogP) is 2.56. The standard InChI is InChI=1S/C12H20N2/c1-12(2,3)8-11(9-13)10-4-6-14-7-5-10/h4-7,11H,8-9,13H2,1-3H3/t11-/m1/s1. The molecule has 0 fully saturated rings. The monoisotopic (exact) mass is 192 g/mol. The third-order valence-corrected chi connectivity index (χ3v) is 2.32. The van der Waals surface area contributed by atoms with E-state index in [4.69, 9.17) is 5.73 Å². The van der Waals surface area contributed by atoms with Crippen LogP contribution in [0.5, 0.6) is 0 Å². The second kappa shape index (κ2) is 4.56. The number of pyridine rings is 1. The average molecular weight is 192 g/mol. The maximum Gasteiger partial charge on any atom is 0.0270 e. The molecule has 1 rings (SSSR count). The van der Waals surface area contributed by atoms with E-state index in [1.165, 1.54) is 5.56 Å². The minimum atomic E-state index is 0.327. The van der Waals surface area contributed by atoms with Crippen LogP contribution >= 0.6 is 0 Å². The molecule has 0 saturated heterocycles. The van der Waals surface area contributed by atoms with E-state index in [9.17, 15) is 0 Å². The van der Waals surface area contributed by atoms with E-state index < -0.39 is 0 Å². The van der Waals surface area contributed by atoms with Crippen LogP contribution in [0, 0.1) is 5.41 Å². The topological polar surface area (TPSA) is 38.9 Å². The van der Waals surface area contributed by atoms with Gasteiger partial charge < -0.3 is 5.73 Å². The van der Waals surface area contributed by atoms with Crippen LogP contribution in [0.25, 0.3) is 0 Å². The zero-order valence-electron chi connectivity index (χ0n) is 9.33. The molecule has 0 amide bonds. The maximum absolute atomic E-state index is 5.79. The molecule has 0 bridgehead atoms. The van der Waals surface area contributed by atoms with Crippen LogP contribution < -0.4 is 5.73 Å². The summed E-state index contributed by atoms with van der Waals surface area (Å²) >= 11 is 0. The summed E-state index contributed by atoms with van der Waals surface area (Å²) in [6, 6.07) is 4.12. The van der Waals surface area contributed by atoms with Gasteiger partial charge in [0.1, 0.15) is 0 Å². The Morgan fingerprint density at radius 3 is 2.29 bits per heavy atom. The van der Waals surface area contributed by atoms with Crippen molar-refractivity contribution in [1.29, 1.82) is 0 Å². The van der Waals surface area contributed by atoms with Gasteiger partial charge >= 0.3 is 0 Å². The molecule has 0 spiro atoms. The number of aromatic nitrogens is 1. The van der Waals surface area contributed by atoms with E-state index >= 15 is 0 Å². The lowest BCUT2D eigenvalue weighted by atomic mass is 9.82. The van der Waals surface area contributed by atoms with Gasteiger partial charge in [-0.3, -0.25) is 4.98 Å². The van der Waals surface area contributed by atoms with Gasteiger partial charge in [0.15, 0.2) is 0 Å². The van der Waals surface area contributed by atoms with E-state index in [0.717, 1.165) is 6.42 Å². The average Bonchev–Trinajstić information content (AvgIpc) is 2.14. The van der Waals surface area contributed by atoms with Crippen molar-refractivity contribution in [2.45, 2.75) is 33.1 Å². The van der Waals surface area contributed by atoms with Crippen LogP contribution in [0.3, 0.4) is 0 Å². The van der Waals surface area contributed by atoms with Crippen LogP contribution in [0.15, 0.2) is 24.5 Å². The first kappa shape index (κ1) is 11.2. The van der Waals surface area contributed by atoms with Crippen LogP contribution in [0.4, 0.5) is 0 Å². The highest BCUT2D eigenvalue weighted by atomic mass is 14.6. The molecule has 78 valence electrons. The van der Waals surface area contributed by atoms with Crippen molar-refractivity contribution in [2.75, 3.05) is 6.54 Å². The van der Waals surface area contributed by atoms with Gasteiger partial charge in [0.2, 0.25) is 0 Å². The summed E-state index contributed by atoms with van der Waals surface area (Å²) < 4.78 is 0. The minimum Gasteiger partial charge on any atom is -0.330 e. The van der Waals surface area contributed by atoms with E-state index in [1.807, 2.05) is 12.4 Å². The van der Waals surface area contributed by atoms with Crippen molar-refractivity contribution >= 4 is 0 Å². The Labute approximate surface area is 86.5 Å². The molecule has 0 saturated carbocycles. The third-order valence-electron chi connectivity index (χ3n) is 2.32. The molecule has 1 atom stereocenters. The number of rotatable bonds is 3. The third kappa shape index (κ3) is 3.46. The van der Waals surface area contributed by atoms with Gasteiger partial charge in [-0.15, -0.1) is 0 Å². The Bertz CT molecular complexity index is 261. The van der Waals surface area contributed by atoms with E-state index in [0.29, 0.717) is 17.9 Å². The number of nitrogens with zero attached hydrogens (tertiary/aromatic N) is 1. The van der Waals surface area contributed by atoms with Gasteiger partial charge in [-0.1, -0.05) is 20.8 Å². The SMILES string of the molecule is CC(C)(C)C[C@H](CN)c1ccncc1. The van der Waals surface area contributed by atoms with Crippen molar-refractivity contribution < 1.29 is 0 Å². The Kier molecular flexibility index (Phi) is 3.64. The fourth-order valence-electron chi connectivity index (χ4n) is 1.71. The number of hydrogen-bond acceptors (Lipinski definition) is 2. The highest BCUT2D eigenvalue weighted by Crippen LogP contribution is 2.29. The Morgan fingerprint density at radius 1 is 1.29 bits per heavy atom. The molecule has 14 heavy (non-hydrogen) atoms. The van der Waals surface area contributed by atoms with Crippen LogP contribution in [-0.4, -0.2) is 11.5 Å². The summed E-state index contributed by atoms with van der Waals surface area (Å²) in [6.07, 6.45) is 4.79. The molecule has 0 aliphatic rings. The van der Waals surface area contributed by atoms with Crippen molar-refractivity contribution in [3.63, 3.8) is 0 Å². The molecule has 0 unspecified atom stereocenters. The van der Waals surface area contributed by atoms with Gasteiger partial charge in [-0.2, -0.15) is 0 Å². The summed E-state index contributed by atoms with van der Waals surface area (Å²) in [5, 5.41) is 0. The first-order valence-electron chi connectivity index (χ1n) is 5.13. The van der Waals surface area contributed by atoms with Crippen LogP contribution in [-0.2, 0) is 0 Å². The lowest BCUT2D eigenvalue weighted by Crippen LogP contribution is -2.19. The predicted molar refractivity (Wildman–Crippen MR) is 60.1 cm³/mol. The first-order valence-corrected chi connectivity index (χ1v) is 5.13. The quantitative estimate of drug-likeness (QED) is 0.799. The minimum absolute atomic E-state index is 0.327. The van der Waals surface area contributed by atoms with Crippen molar-refractivity contribution in [2.24, 2.45) is 11.1 Å². The molecule has 1 aromatic rings. The van der Waals surface area contributed by atoms with Gasteiger partial charge in [0, 0.05) is 12.4 Å². The summed E-state index contributed by atoms with van der Waals surface area (Å²) in [7, 11) is 0. The Balaban J connectivity index is 2.73. The van der Waals surface area contributed by atoms with Crippen LogP contribution in [0.2, 0.25) is 0 Å². The van der Waals surface area contributed by atoms with E-state index in [1.54, 1.807) is 0 Å². The van der Waals surface area contributed by atoms with Crippen molar-refractivity contribution in [3.8, 4) is 0 Å². The molecule has 1 aromatic heterocycles. The van der Waals surface area contributed by atoms with E-state index in [2.05, 4.69) is 37.9 Å². The lowest BCUT2D eigenvalue weighted by Gasteiger charge is -2.25. The molecule has 2 N–H and O–H groups in total. The molecule has 0 aromatic carbocycles. The van der Waals surface area contributed by atoms with Gasteiger partial charge in [-0.25, -0.2) is 0 Å². The number of hydrogen-bond donors (Lipinski definition) is 1. The summed E-state index contributed by atoms with van der Waals surface area (Å²) in [4.78, 5) is 4.02. The molecule has 0 aliphatic carbocycles.